The first kappa shape index (κ1) is 12.1. The van der Waals surface area contributed by atoms with Gasteiger partial charge in [-0.3, -0.25) is 4.90 Å². The fraction of sp³-hybridized carbons (Fsp3) is 0.545. The van der Waals surface area contributed by atoms with Gasteiger partial charge in [-0.2, -0.15) is 0 Å². The summed E-state index contributed by atoms with van der Waals surface area (Å²) in [7, 11) is 0. The Morgan fingerprint density at radius 3 is 3.06 bits per heavy atom. The average molecular weight is 261 g/mol. The molecule has 0 aliphatic carbocycles. The molecule has 0 radical (unpaired) electrons. The molecule has 1 aromatic rings. The van der Waals surface area contributed by atoms with Crippen molar-refractivity contribution in [1.82, 2.24) is 9.88 Å². The molecule has 0 spiro atoms. The van der Waals surface area contributed by atoms with E-state index in [-0.39, 0.29) is 6.10 Å². The predicted molar refractivity (Wildman–Crippen MR) is 64.9 cm³/mol. The van der Waals surface area contributed by atoms with Crippen molar-refractivity contribution >= 4 is 23.2 Å². The summed E-state index contributed by atoms with van der Waals surface area (Å²) in [5.74, 6) is 0. The van der Waals surface area contributed by atoms with Crippen LogP contribution < -0.4 is 0 Å². The van der Waals surface area contributed by atoms with Gasteiger partial charge in [-0.15, -0.1) is 0 Å². The summed E-state index contributed by atoms with van der Waals surface area (Å²) in [6, 6.07) is 3.49. The highest BCUT2D eigenvalue weighted by Gasteiger charge is 2.18. The first-order valence-electron chi connectivity index (χ1n) is 5.30. The molecule has 1 saturated heterocycles. The van der Waals surface area contributed by atoms with Crippen molar-refractivity contribution in [2.45, 2.75) is 19.6 Å². The highest BCUT2D eigenvalue weighted by atomic mass is 35.5. The molecule has 2 heterocycles. The van der Waals surface area contributed by atoms with Gasteiger partial charge in [0.05, 0.1) is 23.4 Å². The number of hydrogen-bond donors (Lipinski definition) is 0. The minimum atomic E-state index is 0.270. The van der Waals surface area contributed by atoms with Crippen LogP contribution in [0.1, 0.15) is 12.6 Å². The summed E-state index contributed by atoms with van der Waals surface area (Å²) in [5.41, 5.74) is 0.836. The first-order valence-corrected chi connectivity index (χ1v) is 6.05. The number of hydrogen-bond acceptors (Lipinski definition) is 3. The van der Waals surface area contributed by atoms with E-state index in [0.717, 1.165) is 31.9 Å². The predicted octanol–water partition coefficient (Wildman–Crippen LogP) is 2.61. The van der Waals surface area contributed by atoms with Gasteiger partial charge < -0.3 is 4.74 Å². The summed E-state index contributed by atoms with van der Waals surface area (Å²) in [6.07, 6.45) is 0.270. The number of rotatable bonds is 2. The van der Waals surface area contributed by atoms with Crippen LogP contribution >= 0.6 is 23.2 Å². The number of aromatic nitrogens is 1. The zero-order valence-corrected chi connectivity index (χ0v) is 10.6. The molecule has 5 heteroatoms. The fourth-order valence-electron chi connectivity index (χ4n) is 1.81. The Labute approximate surface area is 105 Å². The Hall–Kier alpha value is -0.350. The quantitative estimate of drug-likeness (QED) is 0.765. The van der Waals surface area contributed by atoms with Crippen molar-refractivity contribution in [2.75, 3.05) is 19.7 Å². The fourth-order valence-corrected chi connectivity index (χ4v) is 2.14. The van der Waals surface area contributed by atoms with Crippen molar-refractivity contribution in [3.8, 4) is 0 Å². The Morgan fingerprint density at radius 1 is 1.50 bits per heavy atom. The Balaban J connectivity index is 2.05. The zero-order chi connectivity index (χ0) is 11.5. The Kier molecular flexibility index (Phi) is 4.03. The van der Waals surface area contributed by atoms with Crippen molar-refractivity contribution in [1.29, 1.82) is 0 Å². The van der Waals surface area contributed by atoms with Gasteiger partial charge >= 0.3 is 0 Å². The molecule has 16 heavy (non-hydrogen) atoms. The molecule has 0 amide bonds. The zero-order valence-electron chi connectivity index (χ0n) is 9.12. The molecule has 1 aliphatic rings. The summed E-state index contributed by atoms with van der Waals surface area (Å²) in [4.78, 5) is 6.52. The van der Waals surface area contributed by atoms with Crippen LogP contribution in [0.3, 0.4) is 0 Å². The molecule has 3 nitrogen and oxygen atoms in total. The maximum absolute atomic E-state index is 6.07. The Morgan fingerprint density at radius 2 is 2.31 bits per heavy atom. The third-order valence-electron chi connectivity index (χ3n) is 2.58. The van der Waals surface area contributed by atoms with Crippen LogP contribution in [-0.2, 0) is 11.3 Å². The average Bonchev–Trinajstić information content (AvgIpc) is 2.24. The normalized spacial score (nSPS) is 22.3. The van der Waals surface area contributed by atoms with Gasteiger partial charge in [-0.25, -0.2) is 4.98 Å². The van der Waals surface area contributed by atoms with E-state index in [9.17, 15) is 0 Å². The monoisotopic (exact) mass is 260 g/mol. The smallest absolute Gasteiger partial charge is 0.129 e. The van der Waals surface area contributed by atoms with Crippen molar-refractivity contribution in [3.63, 3.8) is 0 Å². The van der Waals surface area contributed by atoms with E-state index in [1.807, 2.05) is 0 Å². The van der Waals surface area contributed by atoms with Crippen LogP contribution in [0.25, 0.3) is 0 Å². The van der Waals surface area contributed by atoms with Crippen LogP contribution in [0.4, 0.5) is 0 Å². The second kappa shape index (κ2) is 5.32. The number of ether oxygens (including phenoxy) is 1. The third kappa shape index (κ3) is 3.08. The van der Waals surface area contributed by atoms with Gasteiger partial charge in [0, 0.05) is 19.6 Å². The third-order valence-corrected chi connectivity index (χ3v) is 3.14. The number of morpholine rings is 1. The van der Waals surface area contributed by atoms with Crippen molar-refractivity contribution in [2.24, 2.45) is 0 Å². The molecule has 0 aromatic carbocycles. The Bertz CT molecular complexity index is 373. The molecule has 1 fully saturated rings. The maximum atomic E-state index is 6.07. The van der Waals surface area contributed by atoms with Gasteiger partial charge in [0.2, 0.25) is 0 Å². The van der Waals surface area contributed by atoms with Crippen molar-refractivity contribution < 1.29 is 4.74 Å². The van der Waals surface area contributed by atoms with Crippen LogP contribution in [0.5, 0.6) is 0 Å². The van der Waals surface area contributed by atoms with Gasteiger partial charge in [0.1, 0.15) is 5.15 Å². The van der Waals surface area contributed by atoms with E-state index < -0.39 is 0 Å². The topological polar surface area (TPSA) is 25.4 Å². The SMILES string of the molecule is CC1CN(Cc2nc(Cl)ccc2Cl)CCO1. The van der Waals surface area contributed by atoms with E-state index in [0.29, 0.717) is 10.2 Å². The largest absolute Gasteiger partial charge is 0.376 e. The van der Waals surface area contributed by atoms with E-state index >= 15 is 0 Å². The molecular formula is C11H14Cl2N2O. The summed E-state index contributed by atoms with van der Waals surface area (Å²) < 4.78 is 5.48. The highest BCUT2D eigenvalue weighted by Crippen LogP contribution is 2.19. The van der Waals surface area contributed by atoms with Gasteiger partial charge in [0.25, 0.3) is 0 Å². The van der Waals surface area contributed by atoms with Crippen LogP contribution in [0, 0.1) is 0 Å². The molecule has 1 aliphatic heterocycles. The standard InChI is InChI=1S/C11H14Cl2N2O/c1-8-6-15(4-5-16-8)7-10-9(12)2-3-11(13)14-10/h2-3,8H,4-7H2,1H3. The van der Waals surface area contributed by atoms with Crippen LogP contribution in [0.2, 0.25) is 10.2 Å². The minimum Gasteiger partial charge on any atom is -0.376 e. The lowest BCUT2D eigenvalue weighted by molar-refractivity contribution is -0.0215. The minimum absolute atomic E-state index is 0.270. The van der Waals surface area contributed by atoms with Crippen molar-refractivity contribution in [3.05, 3.63) is 28.0 Å². The highest BCUT2D eigenvalue weighted by molar-refractivity contribution is 6.32. The molecule has 1 atom stereocenters. The first-order chi connectivity index (χ1) is 7.65. The number of halogens is 2. The molecular weight excluding hydrogens is 247 g/mol. The second-order valence-electron chi connectivity index (χ2n) is 3.98. The molecule has 1 aromatic heterocycles. The van der Waals surface area contributed by atoms with E-state index in [4.69, 9.17) is 27.9 Å². The second-order valence-corrected chi connectivity index (χ2v) is 4.77. The lowest BCUT2D eigenvalue weighted by Crippen LogP contribution is -2.40. The molecule has 0 saturated carbocycles. The number of nitrogens with zero attached hydrogens (tertiary/aromatic N) is 2. The van der Waals surface area contributed by atoms with E-state index in [1.54, 1.807) is 12.1 Å². The number of pyridine rings is 1. The van der Waals surface area contributed by atoms with E-state index in [2.05, 4.69) is 16.8 Å². The summed E-state index contributed by atoms with van der Waals surface area (Å²) in [5, 5.41) is 1.16. The van der Waals surface area contributed by atoms with Gasteiger partial charge in [-0.1, -0.05) is 23.2 Å². The molecule has 1 unspecified atom stereocenters. The summed E-state index contributed by atoms with van der Waals surface area (Å²) >= 11 is 11.9. The summed E-state index contributed by atoms with van der Waals surface area (Å²) in [6.45, 7) is 5.38. The maximum Gasteiger partial charge on any atom is 0.129 e. The van der Waals surface area contributed by atoms with Gasteiger partial charge in [0.15, 0.2) is 0 Å². The molecule has 0 bridgehead atoms. The molecule has 2 rings (SSSR count). The molecule has 0 N–H and O–H groups in total. The molecule has 88 valence electrons. The lowest BCUT2D eigenvalue weighted by atomic mass is 10.2. The van der Waals surface area contributed by atoms with E-state index in [1.165, 1.54) is 0 Å². The van der Waals surface area contributed by atoms with Gasteiger partial charge in [-0.05, 0) is 19.1 Å². The van der Waals surface area contributed by atoms with Crippen LogP contribution in [-0.4, -0.2) is 35.7 Å². The van der Waals surface area contributed by atoms with Crippen LogP contribution in [0.15, 0.2) is 12.1 Å². The lowest BCUT2D eigenvalue weighted by Gasteiger charge is -2.30.